The summed E-state index contributed by atoms with van der Waals surface area (Å²) in [7, 11) is 0. The number of nitriles is 1. The van der Waals surface area contributed by atoms with Crippen molar-refractivity contribution in [1.82, 2.24) is 20.0 Å². The molecule has 1 aliphatic carbocycles. The van der Waals surface area contributed by atoms with E-state index in [1.165, 1.54) is 6.07 Å². The van der Waals surface area contributed by atoms with Gasteiger partial charge in [-0.15, -0.1) is 0 Å². The molecule has 6 aliphatic rings. The number of likely N-dealkylation sites (tertiary alicyclic amines) is 1. The summed E-state index contributed by atoms with van der Waals surface area (Å²) in [6.45, 7) is 11.6. The maximum atomic E-state index is 15.3. The molecule has 296 valence electrons. The highest BCUT2D eigenvalue weighted by Gasteiger charge is 2.67. The maximum absolute atomic E-state index is 15.3. The SMILES string of the molecule is CC1(C)[C@H](Oc2ccc(C#N)c(Cl)c2)C(C)(C)[C@H]1N1Cc2cc(C#CC3CN(C4CN(c5cc6c(cc5F)C(=O)N(C5CCC(=O)NC5=O)C6=O)C4)C3)ccc2C1=O. The topological polar surface area (TPSA) is 143 Å². The molecule has 0 aromatic heterocycles. The van der Waals surface area contributed by atoms with Crippen LogP contribution in [0.5, 0.6) is 5.75 Å². The number of ether oxygens (including phenoxy) is 1. The van der Waals surface area contributed by atoms with E-state index < -0.39 is 35.5 Å². The highest BCUT2D eigenvalue weighted by Crippen LogP contribution is 2.59. The van der Waals surface area contributed by atoms with Gasteiger partial charge in [0, 0.05) is 85.2 Å². The summed E-state index contributed by atoms with van der Waals surface area (Å²) >= 11 is 6.27. The van der Waals surface area contributed by atoms with E-state index in [4.69, 9.17) is 16.3 Å². The van der Waals surface area contributed by atoms with Crippen molar-refractivity contribution in [2.45, 2.75) is 71.3 Å². The van der Waals surface area contributed by atoms with Crippen LogP contribution in [0.2, 0.25) is 5.02 Å². The zero-order chi connectivity index (χ0) is 41.0. The van der Waals surface area contributed by atoms with E-state index >= 15 is 4.39 Å². The quantitative estimate of drug-likeness (QED) is 0.276. The van der Waals surface area contributed by atoms with Crippen molar-refractivity contribution < 1.29 is 33.1 Å². The first-order chi connectivity index (χ1) is 27.6. The Morgan fingerprint density at radius 3 is 2.26 bits per heavy atom. The van der Waals surface area contributed by atoms with Crippen LogP contribution in [-0.2, 0) is 16.1 Å². The lowest BCUT2D eigenvalue weighted by Gasteiger charge is -2.65. The highest BCUT2D eigenvalue weighted by molar-refractivity contribution is 6.31. The van der Waals surface area contributed by atoms with Crippen molar-refractivity contribution >= 4 is 46.8 Å². The first-order valence-electron chi connectivity index (χ1n) is 19.4. The van der Waals surface area contributed by atoms with Gasteiger partial charge >= 0.3 is 0 Å². The van der Waals surface area contributed by atoms with Gasteiger partial charge in [0.25, 0.3) is 17.7 Å². The van der Waals surface area contributed by atoms with E-state index in [-0.39, 0.29) is 70.5 Å². The number of carbonyl (C=O) groups is 5. The number of nitrogens with zero attached hydrogens (tertiary/aromatic N) is 5. The Labute approximate surface area is 339 Å². The molecule has 9 rings (SSSR count). The Balaban J connectivity index is 0.793. The summed E-state index contributed by atoms with van der Waals surface area (Å²) in [5.41, 5.74) is 2.35. The summed E-state index contributed by atoms with van der Waals surface area (Å²) in [6.07, 6.45) is -0.160. The summed E-state index contributed by atoms with van der Waals surface area (Å²) in [4.78, 5) is 71.0. The minimum atomic E-state index is -1.11. The Hall–Kier alpha value is -5.76. The highest BCUT2D eigenvalue weighted by atomic mass is 35.5. The third kappa shape index (κ3) is 5.85. The summed E-state index contributed by atoms with van der Waals surface area (Å²) < 4.78 is 21.8. The van der Waals surface area contributed by atoms with Crippen molar-refractivity contribution in [2.75, 3.05) is 31.1 Å². The minimum Gasteiger partial charge on any atom is -0.489 e. The zero-order valence-corrected chi connectivity index (χ0v) is 33.2. The molecule has 1 N–H and O–H groups in total. The monoisotopic (exact) mass is 802 g/mol. The lowest BCUT2D eigenvalue weighted by molar-refractivity contribution is -0.199. The van der Waals surface area contributed by atoms with Crippen molar-refractivity contribution in [3.05, 3.63) is 92.8 Å². The molecule has 0 bridgehead atoms. The van der Waals surface area contributed by atoms with Crippen LogP contribution < -0.4 is 15.0 Å². The number of imide groups is 2. The fourth-order valence-electron chi connectivity index (χ4n) is 10.3. The van der Waals surface area contributed by atoms with E-state index in [2.05, 4.69) is 55.8 Å². The molecule has 1 unspecified atom stereocenters. The molecule has 5 heterocycles. The van der Waals surface area contributed by atoms with Gasteiger partial charge in [0.05, 0.1) is 27.4 Å². The molecule has 0 spiro atoms. The number of rotatable bonds is 6. The average molecular weight is 803 g/mol. The van der Waals surface area contributed by atoms with Gasteiger partial charge in [0.15, 0.2) is 0 Å². The van der Waals surface area contributed by atoms with Crippen LogP contribution in [0.25, 0.3) is 0 Å². The average Bonchev–Trinajstić information content (AvgIpc) is 3.57. The zero-order valence-electron chi connectivity index (χ0n) is 32.4. The Morgan fingerprint density at radius 2 is 1.59 bits per heavy atom. The Bertz CT molecular complexity index is 2460. The molecule has 58 heavy (non-hydrogen) atoms. The molecule has 14 heteroatoms. The Morgan fingerprint density at radius 1 is 0.879 bits per heavy atom. The molecule has 5 aliphatic heterocycles. The molecule has 3 aromatic carbocycles. The molecule has 5 amide bonds. The molecule has 1 atom stereocenters. The lowest BCUT2D eigenvalue weighted by atomic mass is 9.49. The number of hydrogen-bond acceptors (Lipinski definition) is 9. The third-order valence-electron chi connectivity index (χ3n) is 12.9. The van der Waals surface area contributed by atoms with Crippen LogP contribution in [0.4, 0.5) is 10.1 Å². The number of hydrogen-bond donors (Lipinski definition) is 1. The van der Waals surface area contributed by atoms with Crippen LogP contribution >= 0.6 is 11.6 Å². The fourth-order valence-corrected chi connectivity index (χ4v) is 10.5. The second-order valence-electron chi connectivity index (χ2n) is 17.4. The largest absolute Gasteiger partial charge is 0.489 e. The fraction of sp³-hybridized carbons (Fsp3) is 0.409. The van der Waals surface area contributed by atoms with Crippen molar-refractivity contribution in [2.24, 2.45) is 16.7 Å². The van der Waals surface area contributed by atoms with Gasteiger partial charge in [0.1, 0.15) is 29.8 Å². The number of amides is 5. The van der Waals surface area contributed by atoms with Crippen LogP contribution in [0.15, 0.2) is 48.5 Å². The smallest absolute Gasteiger partial charge is 0.262 e. The maximum Gasteiger partial charge on any atom is 0.262 e. The molecule has 3 saturated heterocycles. The number of nitrogens with one attached hydrogen (secondary N) is 1. The first kappa shape index (κ1) is 37.8. The van der Waals surface area contributed by atoms with Crippen LogP contribution in [0.1, 0.15) is 88.3 Å². The van der Waals surface area contributed by atoms with Gasteiger partial charge in [-0.2, -0.15) is 5.26 Å². The molecule has 4 fully saturated rings. The van der Waals surface area contributed by atoms with Crippen LogP contribution in [-0.4, -0.2) is 94.6 Å². The van der Waals surface area contributed by atoms with E-state index in [0.29, 0.717) is 41.5 Å². The predicted molar refractivity (Wildman–Crippen MR) is 209 cm³/mol. The number of fused-ring (bicyclic) bond motifs is 2. The van der Waals surface area contributed by atoms with Crippen LogP contribution in [0, 0.1) is 45.7 Å². The van der Waals surface area contributed by atoms with E-state index in [0.717, 1.165) is 35.2 Å². The summed E-state index contributed by atoms with van der Waals surface area (Å²) in [6, 6.07) is 14.4. The summed E-state index contributed by atoms with van der Waals surface area (Å²) in [5.74, 6) is 4.28. The summed E-state index contributed by atoms with van der Waals surface area (Å²) in [5, 5.41) is 11.8. The van der Waals surface area contributed by atoms with E-state index in [9.17, 15) is 29.2 Å². The van der Waals surface area contributed by atoms with E-state index in [1.807, 2.05) is 28.0 Å². The number of benzene rings is 3. The third-order valence-corrected chi connectivity index (χ3v) is 13.2. The molecular weight excluding hydrogens is 763 g/mol. The van der Waals surface area contributed by atoms with Gasteiger partial charge in [-0.1, -0.05) is 51.1 Å². The van der Waals surface area contributed by atoms with Gasteiger partial charge in [-0.05, 0) is 54.4 Å². The number of anilines is 1. The standard InChI is InChI=1S/C44H40ClFN6O6/c1-43(2)41(44(3,4)42(43)58-28-9-8-25(17-47)32(45)14-28)51-20-26-13-23(7-10-29(26)38(51)55)5-6-24-18-49(19-24)27-21-50(22-27)35-16-31-30(15-33(35)46)39(56)52(40(31)57)34-11-12-36(53)48-37(34)54/h7-10,13-16,24,27,34,41-42H,11-12,18-22H2,1-4H3,(H,48,53,54)/t34?,41-,42-. The lowest BCUT2D eigenvalue weighted by Crippen LogP contribution is -2.74. The van der Waals surface area contributed by atoms with Crippen molar-refractivity contribution in [3.63, 3.8) is 0 Å². The van der Waals surface area contributed by atoms with Gasteiger partial charge < -0.3 is 14.5 Å². The normalized spacial score (nSPS) is 24.9. The van der Waals surface area contributed by atoms with Gasteiger partial charge in [0.2, 0.25) is 11.8 Å². The Kier molecular flexibility index (Phi) is 8.73. The minimum absolute atomic E-state index is 0.00115. The molecule has 1 saturated carbocycles. The molecule has 12 nitrogen and oxygen atoms in total. The van der Waals surface area contributed by atoms with Gasteiger partial charge in [-0.25, -0.2) is 4.39 Å². The van der Waals surface area contributed by atoms with Crippen molar-refractivity contribution in [3.8, 4) is 23.7 Å². The number of halogens is 2. The molecular formula is C44H40ClFN6O6. The second-order valence-corrected chi connectivity index (χ2v) is 17.8. The first-order valence-corrected chi connectivity index (χ1v) is 19.8. The predicted octanol–water partition coefficient (Wildman–Crippen LogP) is 4.76. The van der Waals surface area contributed by atoms with Crippen LogP contribution in [0.3, 0.4) is 0 Å². The molecule has 0 radical (unpaired) electrons. The van der Waals surface area contributed by atoms with Crippen molar-refractivity contribution in [1.29, 1.82) is 5.26 Å². The number of piperidine rings is 1. The number of carbonyl (C=O) groups excluding carboxylic acids is 5. The second kappa shape index (κ2) is 13.4. The molecule has 3 aromatic rings. The van der Waals surface area contributed by atoms with Gasteiger partial charge in [-0.3, -0.25) is 39.1 Å². The van der Waals surface area contributed by atoms with E-state index in [1.54, 1.807) is 18.2 Å².